The van der Waals surface area contributed by atoms with Crippen molar-refractivity contribution in [3.8, 4) is 0 Å². The molecule has 0 bridgehead atoms. The summed E-state index contributed by atoms with van der Waals surface area (Å²) >= 11 is 0. The average molecular weight is 248 g/mol. The van der Waals surface area contributed by atoms with Crippen molar-refractivity contribution in [2.24, 2.45) is 5.92 Å². The van der Waals surface area contributed by atoms with E-state index in [2.05, 4.69) is 48.8 Å². The molecule has 0 atom stereocenters. The highest BCUT2D eigenvalue weighted by Gasteiger charge is 2.21. The monoisotopic (exact) mass is 248 g/mol. The highest BCUT2D eigenvalue weighted by Crippen LogP contribution is 2.17. The molecule has 0 amide bonds. The molecule has 3 nitrogen and oxygen atoms in total. The van der Waals surface area contributed by atoms with Crippen LogP contribution in [0.5, 0.6) is 0 Å². The Morgan fingerprint density at radius 3 is 1.94 bits per heavy atom. The summed E-state index contributed by atoms with van der Waals surface area (Å²) in [5.74, 6) is 0.735. The van der Waals surface area contributed by atoms with E-state index in [4.69, 9.17) is 9.84 Å². The quantitative estimate of drug-likeness (QED) is 0.702. The van der Waals surface area contributed by atoms with E-state index in [1.165, 1.54) is 0 Å². The van der Waals surface area contributed by atoms with Gasteiger partial charge < -0.3 is 14.3 Å². The van der Waals surface area contributed by atoms with E-state index in [1.54, 1.807) is 0 Å². The number of aliphatic hydroxyl groups is 1. The number of quaternary nitrogens is 1. The number of nitrogens with zero attached hydrogens (tertiary/aromatic N) is 1. The molecule has 1 N–H and O–H groups in total. The first kappa shape index (κ1) is 19.2. The van der Waals surface area contributed by atoms with Crippen LogP contribution in [0.2, 0.25) is 0 Å². The lowest BCUT2D eigenvalue weighted by Gasteiger charge is -2.31. The molecule has 0 unspecified atom stereocenters. The van der Waals surface area contributed by atoms with Crippen LogP contribution in [0.25, 0.3) is 0 Å². The van der Waals surface area contributed by atoms with Crippen LogP contribution in [0.1, 0.15) is 40.5 Å². The molecule has 3 heteroatoms. The zero-order valence-electron chi connectivity index (χ0n) is 13.2. The maximum absolute atomic E-state index is 7.00. The van der Waals surface area contributed by atoms with Crippen molar-refractivity contribution >= 4 is 0 Å². The molecule has 0 radical (unpaired) electrons. The van der Waals surface area contributed by atoms with Crippen LogP contribution >= 0.6 is 0 Å². The molecule has 106 valence electrons. The van der Waals surface area contributed by atoms with Crippen molar-refractivity contribution in [3.05, 3.63) is 0 Å². The summed E-state index contributed by atoms with van der Waals surface area (Å²) in [6.45, 7) is 10.9. The fourth-order valence-corrected chi connectivity index (χ4v) is 1.25. The predicted octanol–water partition coefficient (Wildman–Crippen LogP) is 2.53. The zero-order valence-corrected chi connectivity index (χ0v) is 13.2. The van der Waals surface area contributed by atoms with Crippen molar-refractivity contribution in [2.45, 2.75) is 46.1 Å². The first-order valence-corrected chi connectivity index (χ1v) is 6.51. The van der Waals surface area contributed by atoms with Gasteiger partial charge in [0, 0.05) is 20.1 Å². The molecular weight excluding hydrogens is 214 g/mol. The minimum atomic E-state index is 0.0282. The van der Waals surface area contributed by atoms with E-state index in [-0.39, 0.29) is 5.60 Å². The molecule has 0 rings (SSSR count). The Hall–Kier alpha value is -0.120. The highest BCUT2D eigenvalue weighted by atomic mass is 16.5. The summed E-state index contributed by atoms with van der Waals surface area (Å²) < 4.78 is 6.94. The van der Waals surface area contributed by atoms with Gasteiger partial charge in [-0.15, -0.1) is 0 Å². The molecular formula is C14H34NO2+. The Morgan fingerprint density at radius 1 is 1.12 bits per heavy atom. The number of rotatable bonds is 7. The van der Waals surface area contributed by atoms with Gasteiger partial charge in [-0.1, -0.05) is 13.8 Å². The topological polar surface area (TPSA) is 29.5 Å². The van der Waals surface area contributed by atoms with E-state index < -0.39 is 0 Å². The van der Waals surface area contributed by atoms with Crippen LogP contribution in [0.4, 0.5) is 0 Å². The molecule has 0 spiro atoms. The summed E-state index contributed by atoms with van der Waals surface area (Å²) in [5, 5.41) is 7.00. The van der Waals surface area contributed by atoms with Crippen LogP contribution in [-0.4, -0.2) is 56.6 Å². The van der Waals surface area contributed by atoms with Gasteiger partial charge in [0.05, 0.1) is 33.3 Å². The molecule has 0 aromatic carbocycles. The highest BCUT2D eigenvalue weighted by molar-refractivity contribution is 4.68. The molecule has 0 saturated heterocycles. The Kier molecular flexibility index (Phi) is 10.1. The second-order valence-corrected chi connectivity index (χ2v) is 6.55. The van der Waals surface area contributed by atoms with Gasteiger partial charge in [0.2, 0.25) is 0 Å². The van der Waals surface area contributed by atoms with Gasteiger partial charge in [-0.25, -0.2) is 0 Å². The third-order valence-electron chi connectivity index (χ3n) is 2.57. The summed E-state index contributed by atoms with van der Waals surface area (Å²) in [6, 6.07) is 0. The number of ether oxygens (including phenoxy) is 1. The van der Waals surface area contributed by atoms with Crippen LogP contribution in [-0.2, 0) is 4.74 Å². The number of aliphatic hydroxyl groups excluding tert-OH is 1. The van der Waals surface area contributed by atoms with Gasteiger partial charge >= 0.3 is 0 Å². The van der Waals surface area contributed by atoms with E-state index >= 15 is 0 Å². The smallest absolute Gasteiger partial charge is 0.0808 e. The van der Waals surface area contributed by atoms with E-state index in [0.29, 0.717) is 0 Å². The Labute approximate surface area is 108 Å². The standard InChI is InChI=1S/C13H30NO.CH4O/c1-12(2)8-11-15-13(3,4)9-10-14(5,6)7;1-2/h12H,8-11H2,1-7H3;2H,1H3/q+1;. The first-order valence-electron chi connectivity index (χ1n) is 6.51. The van der Waals surface area contributed by atoms with Crippen LogP contribution in [0.3, 0.4) is 0 Å². The van der Waals surface area contributed by atoms with Crippen LogP contribution in [0, 0.1) is 5.92 Å². The SMILES string of the molecule is CC(C)CCOC(C)(C)CC[N+](C)(C)C.CO. The molecule has 0 heterocycles. The third kappa shape index (κ3) is 15.9. The molecule has 0 aliphatic rings. The van der Waals surface area contributed by atoms with Gasteiger partial charge in [0.1, 0.15) is 0 Å². The molecule has 0 aliphatic heterocycles. The third-order valence-corrected chi connectivity index (χ3v) is 2.57. The molecule has 0 saturated carbocycles. The van der Waals surface area contributed by atoms with Gasteiger partial charge in [-0.3, -0.25) is 0 Å². The van der Waals surface area contributed by atoms with Crippen molar-refractivity contribution < 1.29 is 14.3 Å². The lowest BCUT2D eigenvalue weighted by Crippen LogP contribution is -2.40. The van der Waals surface area contributed by atoms with Crippen molar-refractivity contribution in [3.63, 3.8) is 0 Å². The van der Waals surface area contributed by atoms with Crippen molar-refractivity contribution in [1.29, 1.82) is 0 Å². The van der Waals surface area contributed by atoms with Gasteiger partial charge in [-0.05, 0) is 26.2 Å². The lowest BCUT2D eigenvalue weighted by molar-refractivity contribution is -0.871. The molecule has 0 aromatic heterocycles. The Bertz CT molecular complexity index is 172. The molecule has 0 aliphatic carbocycles. The second-order valence-electron chi connectivity index (χ2n) is 6.55. The van der Waals surface area contributed by atoms with Gasteiger partial charge in [0.15, 0.2) is 0 Å². The van der Waals surface area contributed by atoms with Gasteiger partial charge in [0.25, 0.3) is 0 Å². The average Bonchev–Trinajstić information content (AvgIpc) is 2.16. The van der Waals surface area contributed by atoms with Crippen LogP contribution < -0.4 is 0 Å². The Morgan fingerprint density at radius 2 is 1.59 bits per heavy atom. The van der Waals surface area contributed by atoms with E-state index in [9.17, 15) is 0 Å². The first-order chi connectivity index (χ1) is 7.62. The van der Waals surface area contributed by atoms with Crippen LogP contribution in [0.15, 0.2) is 0 Å². The maximum Gasteiger partial charge on any atom is 0.0808 e. The minimum Gasteiger partial charge on any atom is -0.400 e. The number of hydrogen-bond acceptors (Lipinski definition) is 2. The molecule has 0 fully saturated rings. The second kappa shape index (κ2) is 8.90. The molecule has 17 heavy (non-hydrogen) atoms. The van der Waals surface area contributed by atoms with Gasteiger partial charge in [-0.2, -0.15) is 0 Å². The van der Waals surface area contributed by atoms with E-state index in [1.807, 2.05) is 0 Å². The van der Waals surface area contributed by atoms with Crippen molar-refractivity contribution in [1.82, 2.24) is 0 Å². The fraction of sp³-hybridized carbons (Fsp3) is 1.00. The van der Waals surface area contributed by atoms with Crippen molar-refractivity contribution in [2.75, 3.05) is 41.4 Å². The lowest BCUT2D eigenvalue weighted by atomic mass is 10.0. The number of hydrogen-bond donors (Lipinski definition) is 1. The largest absolute Gasteiger partial charge is 0.400 e. The zero-order chi connectivity index (χ0) is 14.1. The maximum atomic E-state index is 7.00. The Balaban J connectivity index is 0. The summed E-state index contributed by atoms with van der Waals surface area (Å²) in [6.07, 6.45) is 2.28. The van der Waals surface area contributed by atoms with E-state index in [0.717, 1.165) is 43.5 Å². The predicted molar refractivity (Wildman–Crippen MR) is 75.1 cm³/mol. The summed E-state index contributed by atoms with van der Waals surface area (Å²) in [5.41, 5.74) is 0.0282. The fourth-order valence-electron chi connectivity index (χ4n) is 1.25. The molecule has 0 aromatic rings. The minimum absolute atomic E-state index is 0.0282. The normalized spacial score (nSPS) is 12.4. The summed E-state index contributed by atoms with van der Waals surface area (Å²) in [7, 11) is 7.68. The summed E-state index contributed by atoms with van der Waals surface area (Å²) in [4.78, 5) is 0.